The monoisotopic (exact) mass is 395 g/mol. The van der Waals surface area contributed by atoms with Crippen molar-refractivity contribution in [3.05, 3.63) is 35.6 Å². The van der Waals surface area contributed by atoms with Crippen LogP contribution in [0.2, 0.25) is 0 Å². The van der Waals surface area contributed by atoms with Crippen molar-refractivity contribution in [2.45, 2.75) is 25.7 Å². The van der Waals surface area contributed by atoms with Crippen LogP contribution in [0.15, 0.2) is 24.3 Å². The fourth-order valence-corrected chi connectivity index (χ4v) is 4.51. The minimum absolute atomic E-state index is 0. The van der Waals surface area contributed by atoms with Gasteiger partial charge < -0.3 is 15.1 Å². The number of benzene rings is 1. The molecule has 0 bridgehead atoms. The number of hydrogen-bond acceptors (Lipinski definition) is 3. The first-order valence-corrected chi connectivity index (χ1v) is 9.63. The lowest BCUT2D eigenvalue weighted by Crippen LogP contribution is -2.39. The molecular formula is C20H27ClFN3O2. The zero-order valence-electron chi connectivity index (χ0n) is 15.5. The van der Waals surface area contributed by atoms with Gasteiger partial charge in [0.2, 0.25) is 5.91 Å². The van der Waals surface area contributed by atoms with Crippen molar-refractivity contribution in [1.82, 2.24) is 15.1 Å². The maximum Gasteiger partial charge on any atom is 0.253 e. The van der Waals surface area contributed by atoms with Gasteiger partial charge in [-0.15, -0.1) is 12.4 Å². The molecule has 5 nitrogen and oxygen atoms in total. The van der Waals surface area contributed by atoms with Crippen LogP contribution in [0.5, 0.6) is 0 Å². The molecule has 7 heteroatoms. The Morgan fingerprint density at radius 1 is 1.00 bits per heavy atom. The molecule has 0 aromatic heterocycles. The molecule has 2 heterocycles. The van der Waals surface area contributed by atoms with Gasteiger partial charge in [0, 0.05) is 37.7 Å². The Morgan fingerprint density at radius 3 is 2.33 bits per heavy atom. The summed E-state index contributed by atoms with van der Waals surface area (Å²) in [6.07, 6.45) is 4.03. The van der Waals surface area contributed by atoms with Crippen molar-refractivity contribution in [1.29, 1.82) is 0 Å². The van der Waals surface area contributed by atoms with E-state index in [0.717, 1.165) is 45.3 Å². The minimum atomic E-state index is -0.342. The highest BCUT2D eigenvalue weighted by Crippen LogP contribution is 2.59. The lowest BCUT2D eigenvalue weighted by atomic mass is 9.91. The van der Waals surface area contributed by atoms with Crippen LogP contribution in [0, 0.1) is 17.2 Å². The normalized spacial score (nSPS) is 24.1. The van der Waals surface area contributed by atoms with Gasteiger partial charge in [-0.1, -0.05) is 0 Å². The molecule has 1 saturated carbocycles. The van der Waals surface area contributed by atoms with Crippen LogP contribution in [0.25, 0.3) is 0 Å². The van der Waals surface area contributed by atoms with Gasteiger partial charge in [-0.05, 0) is 68.5 Å². The van der Waals surface area contributed by atoms with Gasteiger partial charge in [0.25, 0.3) is 5.91 Å². The van der Waals surface area contributed by atoms with E-state index in [4.69, 9.17) is 0 Å². The number of carbonyl (C=O) groups excluding carboxylic acids is 2. The highest BCUT2D eigenvalue weighted by Gasteiger charge is 2.58. The average molecular weight is 396 g/mol. The van der Waals surface area contributed by atoms with Crippen LogP contribution < -0.4 is 5.32 Å². The lowest BCUT2D eigenvalue weighted by Gasteiger charge is -2.26. The van der Waals surface area contributed by atoms with E-state index in [2.05, 4.69) is 5.32 Å². The first kappa shape index (κ1) is 20.1. The van der Waals surface area contributed by atoms with E-state index >= 15 is 0 Å². The summed E-state index contributed by atoms with van der Waals surface area (Å²) in [6, 6.07) is 5.67. The zero-order valence-corrected chi connectivity index (χ0v) is 16.3. The standard InChI is InChI=1S/C20H26FN3O2.ClH/c21-16-4-2-15(3-5-16)18(25)23-10-1-11-24(13-12-23)19(26)17-14-20(17)6-8-22-9-7-20;/h2-5,17,22H,1,6-14H2;1H. The number of amides is 2. The molecule has 3 fully saturated rings. The number of hydrogen-bond donors (Lipinski definition) is 1. The van der Waals surface area contributed by atoms with Crippen molar-refractivity contribution >= 4 is 24.2 Å². The summed E-state index contributed by atoms with van der Waals surface area (Å²) in [5.41, 5.74) is 0.750. The van der Waals surface area contributed by atoms with Crippen LogP contribution in [-0.4, -0.2) is 60.9 Å². The van der Waals surface area contributed by atoms with E-state index in [1.54, 1.807) is 4.90 Å². The molecule has 2 amide bonds. The van der Waals surface area contributed by atoms with E-state index in [1.165, 1.54) is 24.3 Å². The van der Waals surface area contributed by atoms with Crippen molar-refractivity contribution in [3.63, 3.8) is 0 Å². The second-order valence-electron chi connectivity index (χ2n) is 7.85. The molecule has 0 radical (unpaired) electrons. The third-order valence-electron chi connectivity index (χ3n) is 6.27. The smallest absolute Gasteiger partial charge is 0.253 e. The number of halogens is 2. The van der Waals surface area contributed by atoms with Crippen molar-refractivity contribution in [3.8, 4) is 0 Å². The molecule has 2 aliphatic heterocycles. The second kappa shape index (κ2) is 8.15. The maximum absolute atomic E-state index is 13.1. The summed E-state index contributed by atoms with van der Waals surface area (Å²) in [6.45, 7) is 4.53. The number of nitrogens with zero attached hydrogens (tertiary/aromatic N) is 2. The van der Waals surface area contributed by atoms with E-state index in [0.29, 0.717) is 25.2 Å². The van der Waals surface area contributed by atoms with E-state index < -0.39 is 0 Å². The molecule has 1 aromatic rings. The third-order valence-corrected chi connectivity index (χ3v) is 6.27. The molecule has 1 atom stereocenters. The molecule has 148 valence electrons. The van der Waals surface area contributed by atoms with Crippen LogP contribution >= 0.6 is 12.4 Å². The number of nitrogens with one attached hydrogen (secondary N) is 1. The first-order chi connectivity index (χ1) is 12.6. The van der Waals surface area contributed by atoms with Crippen LogP contribution in [0.1, 0.15) is 36.0 Å². The molecule has 1 N–H and O–H groups in total. The van der Waals surface area contributed by atoms with Crippen LogP contribution in [0.3, 0.4) is 0 Å². The van der Waals surface area contributed by atoms with E-state index in [-0.39, 0.29) is 41.4 Å². The lowest BCUT2D eigenvalue weighted by molar-refractivity contribution is -0.133. The van der Waals surface area contributed by atoms with Gasteiger partial charge in [-0.25, -0.2) is 4.39 Å². The Kier molecular flexibility index (Phi) is 6.06. The topological polar surface area (TPSA) is 52.7 Å². The molecule has 3 aliphatic rings. The number of carbonyl (C=O) groups is 2. The minimum Gasteiger partial charge on any atom is -0.341 e. The summed E-state index contributed by atoms with van der Waals surface area (Å²) in [5.74, 6) is 0.0398. The van der Waals surface area contributed by atoms with Gasteiger partial charge in [-0.3, -0.25) is 9.59 Å². The molecule has 1 aromatic carbocycles. The maximum atomic E-state index is 13.1. The van der Waals surface area contributed by atoms with Crippen LogP contribution in [-0.2, 0) is 4.79 Å². The zero-order chi connectivity index (χ0) is 18.1. The first-order valence-electron chi connectivity index (χ1n) is 9.63. The molecule has 1 spiro atoms. The Bertz CT molecular complexity index is 691. The van der Waals surface area contributed by atoms with Gasteiger partial charge in [-0.2, -0.15) is 0 Å². The summed E-state index contributed by atoms with van der Waals surface area (Å²) < 4.78 is 13.1. The largest absolute Gasteiger partial charge is 0.341 e. The summed E-state index contributed by atoms with van der Waals surface area (Å²) >= 11 is 0. The number of piperidine rings is 1. The second-order valence-corrected chi connectivity index (χ2v) is 7.85. The predicted molar refractivity (Wildman–Crippen MR) is 103 cm³/mol. The molecule has 1 aliphatic carbocycles. The fraction of sp³-hybridized carbons (Fsp3) is 0.600. The summed E-state index contributed by atoms with van der Waals surface area (Å²) in [4.78, 5) is 29.3. The number of rotatable bonds is 2. The Morgan fingerprint density at radius 2 is 1.63 bits per heavy atom. The van der Waals surface area contributed by atoms with Gasteiger partial charge in [0.05, 0.1) is 0 Å². The Labute approximate surface area is 165 Å². The third kappa shape index (κ3) is 4.11. The van der Waals surface area contributed by atoms with Gasteiger partial charge >= 0.3 is 0 Å². The van der Waals surface area contributed by atoms with Crippen molar-refractivity contribution in [2.24, 2.45) is 11.3 Å². The predicted octanol–water partition coefficient (Wildman–Crippen LogP) is 2.31. The highest BCUT2D eigenvalue weighted by atomic mass is 35.5. The van der Waals surface area contributed by atoms with Gasteiger partial charge in [0.1, 0.15) is 5.82 Å². The highest BCUT2D eigenvalue weighted by molar-refractivity contribution is 5.94. The Hall–Kier alpha value is -1.66. The quantitative estimate of drug-likeness (QED) is 0.836. The Balaban J connectivity index is 0.00000210. The van der Waals surface area contributed by atoms with Crippen molar-refractivity contribution in [2.75, 3.05) is 39.3 Å². The molecule has 1 unspecified atom stereocenters. The van der Waals surface area contributed by atoms with E-state index in [1.807, 2.05) is 4.90 Å². The average Bonchev–Trinajstić information content (AvgIpc) is 3.40. The molecule has 2 saturated heterocycles. The summed E-state index contributed by atoms with van der Waals surface area (Å²) in [7, 11) is 0. The van der Waals surface area contributed by atoms with E-state index in [9.17, 15) is 14.0 Å². The van der Waals surface area contributed by atoms with Crippen LogP contribution in [0.4, 0.5) is 4.39 Å². The van der Waals surface area contributed by atoms with Crippen molar-refractivity contribution < 1.29 is 14.0 Å². The summed E-state index contributed by atoms with van der Waals surface area (Å²) in [5, 5.41) is 3.37. The SMILES string of the molecule is Cl.O=C(c1ccc(F)cc1)N1CCCN(C(=O)C2CC23CCNCC3)CC1. The fourth-order valence-electron chi connectivity index (χ4n) is 4.51. The molecule has 27 heavy (non-hydrogen) atoms. The van der Waals surface area contributed by atoms with Gasteiger partial charge in [0.15, 0.2) is 0 Å². The molecule has 4 rings (SSSR count). The molecular weight excluding hydrogens is 369 g/mol.